The number of rotatable bonds is 6. The average Bonchev–Trinajstić information content (AvgIpc) is 2.57. The fraction of sp³-hybridized carbons (Fsp3) is 0.263. The highest BCUT2D eigenvalue weighted by Crippen LogP contribution is 2.18. The molecular weight excluding hydrogens is 304 g/mol. The summed E-state index contributed by atoms with van der Waals surface area (Å²) in [5, 5.41) is 5.61. The zero-order valence-electron chi connectivity index (χ0n) is 14.1. The van der Waals surface area contributed by atoms with Crippen LogP contribution in [-0.2, 0) is 4.79 Å². The van der Waals surface area contributed by atoms with E-state index in [1.807, 2.05) is 20.8 Å². The van der Waals surface area contributed by atoms with Crippen LogP contribution >= 0.6 is 0 Å². The number of hydrogen-bond donors (Lipinski definition) is 2. The first-order chi connectivity index (χ1) is 11.5. The number of benzene rings is 2. The normalized spacial score (nSPS) is 10.3. The highest BCUT2D eigenvalue weighted by molar-refractivity contribution is 6.05. The van der Waals surface area contributed by atoms with Crippen molar-refractivity contribution >= 4 is 23.2 Å². The van der Waals surface area contributed by atoms with Crippen LogP contribution in [0.15, 0.2) is 48.5 Å². The molecule has 2 aromatic carbocycles. The van der Waals surface area contributed by atoms with Gasteiger partial charge in [0.1, 0.15) is 5.75 Å². The van der Waals surface area contributed by atoms with E-state index in [4.69, 9.17) is 4.74 Å². The molecule has 2 N–H and O–H groups in total. The first-order valence-electron chi connectivity index (χ1n) is 7.94. The van der Waals surface area contributed by atoms with Crippen molar-refractivity contribution in [1.82, 2.24) is 0 Å². The first kappa shape index (κ1) is 17.5. The quantitative estimate of drug-likeness (QED) is 0.845. The van der Waals surface area contributed by atoms with Gasteiger partial charge in [-0.25, -0.2) is 0 Å². The highest BCUT2D eigenvalue weighted by atomic mass is 16.5. The summed E-state index contributed by atoms with van der Waals surface area (Å²) in [5.74, 6) is 0.319. The van der Waals surface area contributed by atoms with Gasteiger partial charge in [-0.05, 0) is 49.4 Å². The Morgan fingerprint density at radius 3 is 2.33 bits per heavy atom. The van der Waals surface area contributed by atoms with Gasteiger partial charge in [-0.3, -0.25) is 9.59 Å². The molecule has 0 heterocycles. The SMILES string of the molecule is CCOc1ccc(NC(=O)c2cccc(NC(=O)C(C)C)c2)cc1. The maximum atomic E-state index is 12.3. The lowest BCUT2D eigenvalue weighted by atomic mass is 10.1. The van der Waals surface area contributed by atoms with Crippen molar-refractivity contribution < 1.29 is 14.3 Å². The zero-order chi connectivity index (χ0) is 17.5. The molecule has 0 unspecified atom stereocenters. The Kier molecular flexibility index (Phi) is 5.95. The maximum absolute atomic E-state index is 12.3. The smallest absolute Gasteiger partial charge is 0.255 e. The number of anilines is 2. The number of carbonyl (C=O) groups excluding carboxylic acids is 2. The minimum atomic E-state index is -0.236. The van der Waals surface area contributed by atoms with Gasteiger partial charge in [-0.2, -0.15) is 0 Å². The van der Waals surface area contributed by atoms with Crippen LogP contribution in [0.5, 0.6) is 5.75 Å². The molecule has 5 heteroatoms. The van der Waals surface area contributed by atoms with Gasteiger partial charge in [0.25, 0.3) is 5.91 Å². The Morgan fingerprint density at radius 2 is 1.71 bits per heavy atom. The van der Waals surface area contributed by atoms with Crippen molar-refractivity contribution in [3.8, 4) is 5.75 Å². The van der Waals surface area contributed by atoms with Gasteiger partial charge in [-0.1, -0.05) is 19.9 Å². The Balaban J connectivity index is 2.05. The third-order valence-electron chi connectivity index (χ3n) is 3.34. The molecule has 2 amide bonds. The van der Waals surface area contributed by atoms with Crippen LogP contribution in [0.3, 0.4) is 0 Å². The average molecular weight is 326 g/mol. The number of carbonyl (C=O) groups is 2. The minimum absolute atomic E-state index is 0.0842. The molecule has 24 heavy (non-hydrogen) atoms. The fourth-order valence-corrected chi connectivity index (χ4v) is 2.03. The summed E-state index contributed by atoms with van der Waals surface area (Å²) in [6, 6.07) is 14.0. The molecule has 0 saturated heterocycles. The molecule has 0 saturated carbocycles. The lowest BCUT2D eigenvalue weighted by Gasteiger charge is -2.10. The standard InChI is InChI=1S/C19H22N2O3/c1-4-24-17-10-8-15(9-11-17)20-19(23)14-6-5-7-16(12-14)21-18(22)13(2)3/h5-13H,4H2,1-3H3,(H,20,23)(H,21,22). The van der Waals surface area contributed by atoms with Gasteiger partial charge in [0.05, 0.1) is 6.61 Å². The van der Waals surface area contributed by atoms with Crippen LogP contribution in [-0.4, -0.2) is 18.4 Å². The largest absolute Gasteiger partial charge is 0.494 e. The van der Waals surface area contributed by atoms with Gasteiger partial charge in [0.2, 0.25) is 5.91 Å². The second-order valence-electron chi connectivity index (χ2n) is 5.64. The van der Waals surface area contributed by atoms with Crippen molar-refractivity contribution in [3.63, 3.8) is 0 Å². The van der Waals surface area contributed by atoms with Crippen LogP contribution in [0.1, 0.15) is 31.1 Å². The van der Waals surface area contributed by atoms with Crippen molar-refractivity contribution in [2.75, 3.05) is 17.2 Å². The molecule has 0 aromatic heterocycles. The van der Waals surface area contributed by atoms with Crippen LogP contribution in [0.2, 0.25) is 0 Å². The maximum Gasteiger partial charge on any atom is 0.255 e. The monoisotopic (exact) mass is 326 g/mol. The predicted octanol–water partition coefficient (Wildman–Crippen LogP) is 3.93. The Labute approximate surface area is 142 Å². The van der Waals surface area contributed by atoms with E-state index in [0.29, 0.717) is 23.5 Å². The van der Waals surface area contributed by atoms with E-state index in [-0.39, 0.29) is 17.7 Å². The van der Waals surface area contributed by atoms with E-state index < -0.39 is 0 Å². The van der Waals surface area contributed by atoms with Gasteiger partial charge in [-0.15, -0.1) is 0 Å². The molecule has 0 spiro atoms. The third-order valence-corrected chi connectivity index (χ3v) is 3.34. The summed E-state index contributed by atoms with van der Waals surface area (Å²) in [6.07, 6.45) is 0. The Hall–Kier alpha value is -2.82. The van der Waals surface area contributed by atoms with Gasteiger partial charge in [0, 0.05) is 22.9 Å². The van der Waals surface area contributed by atoms with E-state index in [9.17, 15) is 9.59 Å². The van der Waals surface area contributed by atoms with E-state index in [1.54, 1.807) is 48.5 Å². The lowest BCUT2D eigenvalue weighted by molar-refractivity contribution is -0.118. The molecule has 0 aliphatic heterocycles. The molecule has 2 aromatic rings. The third kappa shape index (κ3) is 4.84. The molecule has 0 radical (unpaired) electrons. The van der Waals surface area contributed by atoms with Gasteiger partial charge in [0.15, 0.2) is 0 Å². The summed E-state index contributed by atoms with van der Waals surface area (Å²) in [4.78, 5) is 24.1. The Bertz CT molecular complexity index is 709. The summed E-state index contributed by atoms with van der Waals surface area (Å²) >= 11 is 0. The van der Waals surface area contributed by atoms with E-state index >= 15 is 0 Å². The molecule has 0 atom stereocenters. The summed E-state index contributed by atoms with van der Waals surface area (Å²) < 4.78 is 5.37. The second-order valence-corrected chi connectivity index (χ2v) is 5.64. The summed E-state index contributed by atoms with van der Waals surface area (Å²) in [7, 11) is 0. The topological polar surface area (TPSA) is 67.4 Å². The van der Waals surface area contributed by atoms with Crippen molar-refractivity contribution in [2.45, 2.75) is 20.8 Å². The first-order valence-corrected chi connectivity index (χ1v) is 7.94. The summed E-state index contributed by atoms with van der Waals surface area (Å²) in [6.45, 7) is 6.15. The molecule has 126 valence electrons. The van der Waals surface area contributed by atoms with Gasteiger partial charge >= 0.3 is 0 Å². The Morgan fingerprint density at radius 1 is 1.00 bits per heavy atom. The van der Waals surface area contributed by atoms with Gasteiger partial charge < -0.3 is 15.4 Å². The molecule has 0 bridgehead atoms. The molecular formula is C19H22N2O3. The van der Waals surface area contributed by atoms with E-state index in [2.05, 4.69) is 10.6 Å². The second kappa shape index (κ2) is 8.15. The molecule has 0 fully saturated rings. The minimum Gasteiger partial charge on any atom is -0.494 e. The van der Waals surface area contributed by atoms with Crippen molar-refractivity contribution in [3.05, 3.63) is 54.1 Å². The number of hydrogen-bond acceptors (Lipinski definition) is 3. The van der Waals surface area contributed by atoms with Crippen molar-refractivity contribution in [1.29, 1.82) is 0 Å². The number of ether oxygens (including phenoxy) is 1. The highest BCUT2D eigenvalue weighted by Gasteiger charge is 2.10. The molecule has 5 nitrogen and oxygen atoms in total. The number of amides is 2. The van der Waals surface area contributed by atoms with Crippen molar-refractivity contribution in [2.24, 2.45) is 5.92 Å². The number of nitrogens with one attached hydrogen (secondary N) is 2. The zero-order valence-corrected chi connectivity index (χ0v) is 14.1. The molecule has 0 aliphatic carbocycles. The molecule has 2 rings (SSSR count). The molecule has 0 aliphatic rings. The predicted molar refractivity (Wildman–Crippen MR) is 95.5 cm³/mol. The van der Waals surface area contributed by atoms with Crippen LogP contribution in [0, 0.1) is 5.92 Å². The van der Waals surface area contributed by atoms with E-state index in [1.165, 1.54) is 0 Å². The van der Waals surface area contributed by atoms with Crippen LogP contribution < -0.4 is 15.4 Å². The fourth-order valence-electron chi connectivity index (χ4n) is 2.03. The van der Waals surface area contributed by atoms with E-state index in [0.717, 1.165) is 5.75 Å². The van der Waals surface area contributed by atoms with Crippen LogP contribution in [0.25, 0.3) is 0 Å². The lowest BCUT2D eigenvalue weighted by Crippen LogP contribution is -2.18. The summed E-state index contributed by atoms with van der Waals surface area (Å²) in [5.41, 5.74) is 1.76. The van der Waals surface area contributed by atoms with Crippen LogP contribution in [0.4, 0.5) is 11.4 Å².